The van der Waals surface area contributed by atoms with Crippen LogP contribution in [0.3, 0.4) is 0 Å². The molecule has 0 saturated carbocycles. The SMILES string of the molecule is CS(=O)(=O)c1cccc(OC(F)F)c1N. The predicted molar refractivity (Wildman–Crippen MR) is 50.6 cm³/mol. The Morgan fingerprint density at radius 2 is 2.00 bits per heavy atom. The fourth-order valence-corrected chi connectivity index (χ4v) is 1.87. The van der Waals surface area contributed by atoms with Crippen molar-refractivity contribution in [2.45, 2.75) is 11.5 Å². The van der Waals surface area contributed by atoms with Crippen LogP contribution in [0.2, 0.25) is 0 Å². The third kappa shape index (κ3) is 2.79. The maximum atomic E-state index is 11.9. The standard InChI is InChI=1S/C8H9F2NO3S/c1-15(12,13)6-4-2-3-5(7(6)11)14-8(9)10/h2-4,8H,11H2,1H3. The minimum atomic E-state index is -3.54. The number of hydrogen-bond donors (Lipinski definition) is 1. The molecular weight excluding hydrogens is 228 g/mol. The van der Waals surface area contributed by atoms with Crippen molar-refractivity contribution in [3.8, 4) is 5.75 Å². The van der Waals surface area contributed by atoms with Gasteiger partial charge in [-0.25, -0.2) is 8.42 Å². The van der Waals surface area contributed by atoms with Gasteiger partial charge >= 0.3 is 6.61 Å². The molecule has 0 unspecified atom stereocenters. The molecular formula is C8H9F2NO3S. The predicted octanol–water partition coefficient (Wildman–Crippen LogP) is 1.27. The van der Waals surface area contributed by atoms with Crippen molar-refractivity contribution in [2.24, 2.45) is 0 Å². The highest BCUT2D eigenvalue weighted by atomic mass is 32.2. The largest absolute Gasteiger partial charge is 0.433 e. The Morgan fingerprint density at radius 3 is 2.47 bits per heavy atom. The lowest BCUT2D eigenvalue weighted by Crippen LogP contribution is -2.08. The molecule has 0 aliphatic carbocycles. The minimum Gasteiger partial charge on any atom is -0.433 e. The van der Waals surface area contributed by atoms with E-state index in [0.29, 0.717) is 0 Å². The highest BCUT2D eigenvalue weighted by Gasteiger charge is 2.16. The summed E-state index contributed by atoms with van der Waals surface area (Å²) >= 11 is 0. The summed E-state index contributed by atoms with van der Waals surface area (Å²) < 4.78 is 50.2. The number of hydrogen-bond acceptors (Lipinski definition) is 4. The van der Waals surface area contributed by atoms with Crippen LogP contribution in [0.25, 0.3) is 0 Å². The molecule has 0 aliphatic heterocycles. The third-order valence-corrected chi connectivity index (χ3v) is 2.80. The molecule has 1 rings (SSSR count). The van der Waals surface area contributed by atoms with Crippen molar-refractivity contribution >= 4 is 15.5 Å². The number of benzene rings is 1. The van der Waals surface area contributed by atoms with E-state index in [2.05, 4.69) is 4.74 Å². The average molecular weight is 237 g/mol. The maximum Gasteiger partial charge on any atom is 0.387 e. The first-order chi connectivity index (χ1) is 6.82. The average Bonchev–Trinajstić information content (AvgIpc) is 2.05. The molecule has 1 aromatic rings. The Labute approximate surface area is 85.6 Å². The molecule has 15 heavy (non-hydrogen) atoms. The number of para-hydroxylation sites is 1. The zero-order valence-corrected chi connectivity index (χ0v) is 8.59. The van der Waals surface area contributed by atoms with E-state index in [0.717, 1.165) is 6.26 Å². The van der Waals surface area contributed by atoms with Gasteiger partial charge in [0.05, 0.1) is 10.6 Å². The molecule has 0 saturated heterocycles. The van der Waals surface area contributed by atoms with Gasteiger partial charge in [0.15, 0.2) is 9.84 Å². The Balaban J connectivity index is 3.24. The topological polar surface area (TPSA) is 69.4 Å². The van der Waals surface area contributed by atoms with E-state index in [1.54, 1.807) is 0 Å². The van der Waals surface area contributed by atoms with Crippen molar-refractivity contribution in [1.82, 2.24) is 0 Å². The summed E-state index contributed by atoms with van der Waals surface area (Å²) in [5.41, 5.74) is 5.07. The Bertz CT molecular complexity index is 459. The van der Waals surface area contributed by atoms with Gasteiger partial charge in [-0.2, -0.15) is 8.78 Å². The Kier molecular flexibility index (Phi) is 3.13. The third-order valence-electron chi connectivity index (χ3n) is 1.64. The highest BCUT2D eigenvalue weighted by molar-refractivity contribution is 7.90. The van der Waals surface area contributed by atoms with Gasteiger partial charge in [0.2, 0.25) is 0 Å². The van der Waals surface area contributed by atoms with Crippen molar-refractivity contribution in [2.75, 3.05) is 12.0 Å². The van der Waals surface area contributed by atoms with Crippen molar-refractivity contribution in [1.29, 1.82) is 0 Å². The molecule has 0 heterocycles. The molecule has 2 N–H and O–H groups in total. The van der Waals surface area contributed by atoms with E-state index in [9.17, 15) is 17.2 Å². The van der Waals surface area contributed by atoms with Crippen LogP contribution < -0.4 is 10.5 Å². The maximum absolute atomic E-state index is 11.9. The second kappa shape index (κ2) is 4.01. The lowest BCUT2D eigenvalue weighted by Gasteiger charge is -2.10. The van der Waals surface area contributed by atoms with Crippen LogP contribution in [0.1, 0.15) is 0 Å². The molecule has 0 radical (unpaired) electrons. The smallest absolute Gasteiger partial charge is 0.387 e. The first-order valence-corrected chi connectivity index (χ1v) is 5.75. The number of nitrogens with two attached hydrogens (primary N) is 1. The molecule has 0 bridgehead atoms. The van der Waals surface area contributed by atoms with Crippen molar-refractivity contribution < 1.29 is 21.9 Å². The number of nitrogen functional groups attached to an aromatic ring is 1. The van der Waals surface area contributed by atoms with Gasteiger partial charge in [-0.3, -0.25) is 0 Å². The molecule has 0 amide bonds. The van der Waals surface area contributed by atoms with Gasteiger partial charge in [-0.1, -0.05) is 6.07 Å². The number of ether oxygens (including phenoxy) is 1. The molecule has 0 fully saturated rings. The molecule has 0 aromatic heterocycles. The lowest BCUT2D eigenvalue weighted by molar-refractivity contribution is -0.0494. The van der Waals surface area contributed by atoms with Crippen LogP contribution >= 0.6 is 0 Å². The summed E-state index contributed by atoms with van der Waals surface area (Å²) in [6.45, 7) is -3.04. The monoisotopic (exact) mass is 237 g/mol. The summed E-state index contributed by atoms with van der Waals surface area (Å²) in [6, 6.07) is 3.68. The first-order valence-electron chi connectivity index (χ1n) is 3.85. The van der Waals surface area contributed by atoms with Gasteiger partial charge in [0.25, 0.3) is 0 Å². The molecule has 84 valence electrons. The number of rotatable bonds is 3. The summed E-state index contributed by atoms with van der Waals surface area (Å²) in [5.74, 6) is -0.340. The molecule has 0 atom stereocenters. The molecule has 1 aromatic carbocycles. The Morgan fingerprint density at radius 1 is 1.40 bits per heavy atom. The zero-order valence-electron chi connectivity index (χ0n) is 7.78. The molecule has 7 heteroatoms. The number of halogens is 2. The van der Waals surface area contributed by atoms with Gasteiger partial charge in [-0.05, 0) is 12.1 Å². The fraction of sp³-hybridized carbons (Fsp3) is 0.250. The molecule has 0 spiro atoms. The van der Waals surface area contributed by atoms with Crippen LogP contribution in [0.15, 0.2) is 23.1 Å². The van der Waals surface area contributed by atoms with Crippen LogP contribution in [0.5, 0.6) is 5.75 Å². The van der Waals surface area contributed by atoms with E-state index >= 15 is 0 Å². The van der Waals surface area contributed by atoms with Crippen molar-refractivity contribution in [3.63, 3.8) is 0 Å². The number of sulfone groups is 1. The summed E-state index contributed by atoms with van der Waals surface area (Å²) in [4.78, 5) is -0.222. The summed E-state index contributed by atoms with van der Waals surface area (Å²) in [7, 11) is -3.54. The lowest BCUT2D eigenvalue weighted by atomic mass is 10.3. The van der Waals surface area contributed by atoms with E-state index < -0.39 is 16.4 Å². The van der Waals surface area contributed by atoms with E-state index in [1.165, 1.54) is 18.2 Å². The van der Waals surface area contributed by atoms with Crippen LogP contribution in [0, 0.1) is 0 Å². The fourth-order valence-electron chi connectivity index (χ4n) is 1.05. The van der Waals surface area contributed by atoms with E-state index in [-0.39, 0.29) is 16.3 Å². The van der Waals surface area contributed by atoms with Gasteiger partial charge in [0.1, 0.15) is 5.75 Å². The quantitative estimate of drug-likeness (QED) is 0.804. The molecule has 0 aliphatic rings. The zero-order chi connectivity index (χ0) is 11.6. The minimum absolute atomic E-state index is 0.222. The van der Waals surface area contributed by atoms with Crippen LogP contribution in [-0.2, 0) is 9.84 Å². The van der Waals surface area contributed by atoms with Gasteiger partial charge < -0.3 is 10.5 Å². The summed E-state index contributed by atoms with van der Waals surface area (Å²) in [6.07, 6.45) is 0.935. The van der Waals surface area contributed by atoms with Gasteiger partial charge in [-0.15, -0.1) is 0 Å². The molecule has 4 nitrogen and oxygen atoms in total. The highest BCUT2D eigenvalue weighted by Crippen LogP contribution is 2.29. The number of alkyl halides is 2. The van der Waals surface area contributed by atoms with E-state index in [1.807, 2.05) is 0 Å². The number of anilines is 1. The van der Waals surface area contributed by atoms with E-state index in [4.69, 9.17) is 5.73 Å². The van der Waals surface area contributed by atoms with Gasteiger partial charge in [0, 0.05) is 6.26 Å². The van der Waals surface area contributed by atoms with Crippen LogP contribution in [0.4, 0.5) is 14.5 Å². The normalized spacial score (nSPS) is 11.7. The Hall–Kier alpha value is -1.37. The van der Waals surface area contributed by atoms with Crippen LogP contribution in [-0.4, -0.2) is 21.3 Å². The summed E-state index contributed by atoms with van der Waals surface area (Å²) in [5, 5.41) is 0. The van der Waals surface area contributed by atoms with Crippen molar-refractivity contribution in [3.05, 3.63) is 18.2 Å². The first kappa shape index (κ1) is 11.7. The second-order valence-corrected chi connectivity index (χ2v) is 4.80. The second-order valence-electron chi connectivity index (χ2n) is 2.82.